The molecule has 6 nitrogen and oxygen atoms in total. The van der Waals surface area contributed by atoms with E-state index in [1.165, 1.54) is 7.11 Å². The van der Waals surface area contributed by atoms with Crippen molar-refractivity contribution in [1.29, 1.82) is 0 Å². The van der Waals surface area contributed by atoms with Crippen LogP contribution in [0.15, 0.2) is 12.3 Å². The van der Waals surface area contributed by atoms with Crippen LogP contribution >= 0.6 is 0 Å². The van der Waals surface area contributed by atoms with Gasteiger partial charge in [0.1, 0.15) is 0 Å². The van der Waals surface area contributed by atoms with Crippen molar-refractivity contribution in [3.63, 3.8) is 0 Å². The summed E-state index contributed by atoms with van der Waals surface area (Å²) in [5.41, 5.74) is 7.95. The zero-order valence-electron chi connectivity index (χ0n) is 16.4. The van der Waals surface area contributed by atoms with Gasteiger partial charge in [-0.3, -0.25) is 4.79 Å². The van der Waals surface area contributed by atoms with E-state index in [4.69, 9.17) is 10.5 Å². The van der Waals surface area contributed by atoms with Crippen LogP contribution in [0.25, 0.3) is 0 Å². The second-order valence-electron chi connectivity index (χ2n) is 7.87. The van der Waals surface area contributed by atoms with Crippen LogP contribution in [0.4, 0.5) is 11.5 Å². The highest BCUT2D eigenvalue weighted by Crippen LogP contribution is 2.32. The largest absolute Gasteiger partial charge is 0.469 e. The molecule has 2 rings (SSSR count). The highest BCUT2D eigenvalue weighted by atomic mass is 16.5. The number of hydrogen-bond acceptors (Lipinski definition) is 6. The third-order valence-corrected chi connectivity index (χ3v) is 5.13. The summed E-state index contributed by atoms with van der Waals surface area (Å²) < 4.78 is 4.75. The summed E-state index contributed by atoms with van der Waals surface area (Å²) in [7, 11) is 1.40. The molecule has 0 radical (unpaired) electrons. The first kappa shape index (κ1) is 20.5. The Labute approximate surface area is 156 Å². The quantitative estimate of drug-likeness (QED) is 0.724. The molecule has 0 unspecified atom stereocenters. The first-order valence-corrected chi connectivity index (χ1v) is 9.58. The maximum Gasteiger partial charge on any atom is 0.306 e. The fourth-order valence-corrected chi connectivity index (χ4v) is 3.62. The number of nitrogens with two attached hydrogens (primary N) is 1. The molecule has 0 saturated heterocycles. The molecule has 0 bridgehead atoms. The van der Waals surface area contributed by atoms with Gasteiger partial charge in [0.05, 0.1) is 25.3 Å². The number of anilines is 2. The second kappa shape index (κ2) is 9.21. The van der Waals surface area contributed by atoms with Crippen molar-refractivity contribution in [3.05, 3.63) is 17.8 Å². The molecule has 1 fully saturated rings. The number of rotatable bonds is 7. The van der Waals surface area contributed by atoms with E-state index in [1.807, 2.05) is 19.2 Å². The van der Waals surface area contributed by atoms with Crippen molar-refractivity contribution in [3.8, 4) is 0 Å². The summed E-state index contributed by atoms with van der Waals surface area (Å²) in [5.74, 6) is 1.08. The highest BCUT2D eigenvalue weighted by Gasteiger charge is 2.27. The van der Waals surface area contributed by atoms with Gasteiger partial charge < -0.3 is 20.5 Å². The van der Waals surface area contributed by atoms with Crippen LogP contribution in [0.5, 0.6) is 0 Å². The Kier molecular flexibility index (Phi) is 7.26. The Morgan fingerprint density at radius 3 is 2.54 bits per heavy atom. The molecule has 0 spiro atoms. The van der Waals surface area contributed by atoms with Gasteiger partial charge in [-0.2, -0.15) is 0 Å². The van der Waals surface area contributed by atoms with Crippen molar-refractivity contribution in [2.45, 2.75) is 70.9 Å². The van der Waals surface area contributed by atoms with Gasteiger partial charge in [0, 0.05) is 18.8 Å². The van der Waals surface area contributed by atoms with Crippen molar-refractivity contribution >= 4 is 17.5 Å². The normalized spacial score (nSPS) is 21.5. The molecule has 1 atom stereocenters. The van der Waals surface area contributed by atoms with E-state index in [2.05, 4.69) is 23.7 Å². The predicted molar refractivity (Wildman–Crippen MR) is 104 cm³/mol. The van der Waals surface area contributed by atoms with Crippen LogP contribution in [-0.4, -0.2) is 41.9 Å². The fourth-order valence-electron chi connectivity index (χ4n) is 3.62. The number of pyridine rings is 1. The van der Waals surface area contributed by atoms with Crippen LogP contribution in [0.2, 0.25) is 0 Å². The molecule has 0 aromatic carbocycles. The minimum absolute atomic E-state index is 0.00896. The molecule has 1 saturated carbocycles. The number of esters is 1. The summed E-state index contributed by atoms with van der Waals surface area (Å²) >= 11 is 0. The standard InChI is InChI=1S/C20H33N3O3/c1-13(2)12-23(16-5-7-17(24)8-6-16)20-18(21)10-15(11-22-20)14(3)9-19(25)26-4/h10-11,13-14,16-17,24H,5-9,12,21H2,1-4H3/t14-,16?,17?/m1/s1. The number of nitrogens with zero attached hydrogens (tertiary/aromatic N) is 2. The number of aliphatic hydroxyl groups is 1. The van der Waals surface area contributed by atoms with E-state index < -0.39 is 0 Å². The maximum absolute atomic E-state index is 11.5. The third-order valence-electron chi connectivity index (χ3n) is 5.13. The van der Waals surface area contributed by atoms with Crippen LogP contribution < -0.4 is 10.6 Å². The van der Waals surface area contributed by atoms with Gasteiger partial charge in [-0.05, 0) is 49.1 Å². The van der Waals surface area contributed by atoms with Crippen molar-refractivity contribution in [1.82, 2.24) is 4.98 Å². The molecular weight excluding hydrogens is 330 g/mol. The Bertz CT molecular complexity index is 598. The van der Waals surface area contributed by atoms with Gasteiger partial charge in [-0.25, -0.2) is 4.98 Å². The number of hydrogen-bond donors (Lipinski definition) is 2. The van der Waals surface area contributed by atoms with Gasteiger partial charge in [0.15, 0.2) is 5.82 Å². The van der Waals surface area contributed by atoms with E-state index in [-0.39, 0.29) is 18.0 Å². The number of aliphatic hydroxyl groups excluding tert-OH is 1. The van der Waals surface area contributed by atoms with Crippen LogP contribution in [0.3, 0.4) is 0 Å². The molecule has 1 aromatic rings. The minimum Gasteiger partial charge on any atom is -0.469 e. The zero-order chi connectivity index (χ0) is 19.3. The van der Waals surface area contributed by atoms with E-state index in [1.54, 1.807) is 0 Å². The summed E-state index contributed by atoms with van der Waals surface area (Å²) in [6.45, 7) is 7.23. The number of methoxy groups -OCH3 is 1. The lowest BCUT2D eigenvalue weighted by Gasteiger charge is -2.38. The van der Waals surface area contributed by atoms with E-state index in [9.17, 15) is 9.90 Å². The Hall–Kier alpha value is -1.82. The van der Waals surface area contributed by atoms with Gasteiger partial charge >= 0.3 is 5.97 Å². The number of carbonyl (C=O) groups excluding carboxylic acids is 1. The van der Waals surface area contributed by atoms with Gasteiger partial charge in [0.25, 0.3) is 0 Å². The molecule has 146 valence electrons. The highest BCUT2D eigenvalue weighted by molar-refractivity contribution is 5.71. The summed E-state index contributed by atoms with van der Waals surface area (Å²) in [6, 6.07) is 2.29. The Morgan fingerprint density at radius 1 is 1.35 bits per heavy atom. The second-order valence-corrected chi connectivity index (χ2v) is 7.87. The van der Waals surface area contributed by atoms with E-state index >= 15 is 0 Å². The first-order chi connectivity index (χ1) is 12.3. The molecule has 3 N–H and O–H groups in total. The SMILES string of the molecule is COC(=O)C[C@@H](C)c1cnc(N(CC(C)C)C2CCC(O)CC2)c(N)c1. The van der Waals surface area contributed by atoms with E-state index in [0.717, 1.165) is 43.6 Å². The number of carbonyl (C=O) groups is 1. The summed E-state index contributed by atoms with van der Waals surface area (Å²) in [5, 5.41) is 9.81. The minimum atomic E-state index is -0.234. The Balaban J connectivity index is 2.21. The lowest BCUT2D eigenvalue weighted by Crippen LogP contribution is -2.42. The lowest BCUT2D eigenvalue weighted by atomic mass is 9.91. The van der Waals surface area contributed by atoms with Crippen molar-refractivity contribution in [2.75, 3.05) is 24.3 Å². The Morgan fingerprint density at radius 2 is 2.00 bits per heavy atom. The van der Waals surface area contributed by atoms with Crippen molar-refractivity contribution < 1.29 is 14.6 Å². The number of aromatic nitrogens is 1. The van der Waals surface area contributed by atoms with Crippen LogP contribution in [-0.2, 0) is 9.53 Å². The maximum atomic E-state index is 11.5. The average molecular weight is 364 g/mol. The molecule has 1 aliphatic rings. The molecule has 1 aliphatic carbocycles. The topological polar surface area (TPSA) is 88.7 Å². The average Bonchev–Trinajstić information content (AvgIpc) is 2.60. The molecule has 26 heavy (non-hydrogen) atoms. The third kappa shape index (κ3) is 5.34. The zero-order valence-corrected chi connectivity index (χ0v) is 16.4. The molecule has 6 heteroatoms. The van der Waals surface area contributed by atoms with Gasteiger partial charge in [-0.15, -0.1) is 0 Å². The first-order valence-electron chi connectivity index (χ1n) is 9.58. The lowest BCUT2D eigenvalue weighted by molar-refractivity contribution is -0.140. The molecule has 1 aromatic heterocycles. The number of ether oxygens (including phenoxy) is 1. The van der Waals surface area contributed by atoms with E-state index in [0.29, 0.717) is 24.1 Å². The van der Waals surface area contributed by atoms with Crippen molar-refractivity contribution in [2.24, 2.45) is 5.92 Å². The number of nitrogen functional groups attached to an aromatic ring is 1. The molecule has 0 aliphatic heterocycles. The van der Waals surface area contributed by atoms with Gasteiger partial charge in [-0.1, -0.05) is 20.8 Å². The fraction of sp³-hybridized carbons (Fsp3) is 0.700. The predicted octanol–water partition coefficient (Wildman–Crippen LogP) is 3.10. The van der Waals surface area contributed by atoms with Gasteiger partial charge in [0.2, 0.25) is 0 Å². The van der Waals surface area contributed by atoms with Crippen LogP contribution in [0, 0.1) is 5.92 Å². The summed E-state index contributed by atoms with van der Waals surface area (Å²) in [4.78, 5) is 18.5. The molecular formula is C20H33N3O3. The van der Waals surface area contributed by atoms with Crippen LogP contribution in [0.1, 0.15) is 64.4 Å². The molecule has 1 heterocycles. The smallest absolute Gasteiger partial charge is 0.306 e. The molecule has 0 amide bonds. The monoisotopic (exact) mass is 363 g/mol. The summed E-state index contributed by atoms with van der Waals surface area (Å²) in [6.07, 6.45) is 5.52.